The lowest BCUT2D eigenvalue weighted by atomic mass is 9.92. The highest BCUT2D eigenvalue weighted by atomic mass is 16.4. The van der Waals surface area contributed by atoms with Crippen LogP contribution in [0.3, 0.4) is 0 Å². The van der Waals surface area contributed by atoms with Crippen LogP contribution >= 0.6 is 0 Å². The fraction of sp³-hybridized carbons (Fsp3) is 0.429. The van der Waals surface area contributed by atoms with Gasteiger partial charge in [-0.25, -0.2) is 0 Å². The number of carbonyl (C=O) groups is 2. The number of ketones is 1. The van der Waals surface area contributed by atoms with E-state index < -0.39 is 11.9 Å². The standard InChI is InChI=1S/C14H18O3/c1-10(8-12-6-4-3-5-7-12)13(15)9-11(2)14(16)17/h3-7,10-11H,8-9H2,1-2H3,(H,16,17). The van der Waals surface area contributed by atoms with E-state index in [0.29, 0.717) is 6.42 Å². The molecule has 2 unspecified atom stereocenters. The molecule has 3 heteroatoms. The van der Waals surface area contributed by atoms with Crippen molar-refractivity contribution in [2.45, 2.75) is 26.7 Å². The Morgan fingerprint density at radius 2 is 1.71 bits per heavy atom. The van der Waals surface area contributed by atoms with Gasteiger partial charge in [-0.05, 0) is 12.0 Å². The van der Waals surface area contributed by atoms with Crippen LogP contribution < -0.4 is 0 Å². The van der Waals surface area contributed by atoms with E-state index in [1.54, 1.807) is 6.92 Å². The molecule has 0 amide bonds. The third kappa shape index (κ3) is 4.39. The molecule has 0 saturated carbocycles. The van der Waals surface area contributed by atoms with Gasteiger partial charge in [0.2, 0.25) is 0 Å². The average molecular weight is 234 g/mol. The highest BCUT2D eigenvalue weighted by molar-refractivity contribution is 5.85. The van der Waals surface area contributed by atoms with Gasteiger partial charge in [-0.1, -0.05) is 44.2 Å². The lowest BCUT2D eigenvalue weighted by Gasteiger charge is -2.12. The van der Waals surface area contributed by atoms with Gasteiger partial charge in [-0.3, -0.25) is 9.59 Å². The van der Waals surface area contributed by atoms with E-state index in [0.717, 1.165) is 5.56 Å². The van der Waals surface area contributed by atoms with E-state index in [1.807, 2.05) is 37.3 Å². The first kappa shape index (κ1) is 13.4. The third-order valence-corrected chi connectivity index (χ3v) is 2.86. The largest absolute Gasteiger partial charge is 0.481 e. The molecule has 0 heterocycles. The van der Waals surface area contributed by atoms with Crippen LogP contribution in [0.2, 0.25) is 0 Å². The van der Waals surface area contributed by atoms with Gasteiger partial charge in [0, 0.05) is 12.3 Å². The molecule has 0 aliphatic rings. The molecule has 0 fully saturated rings. The van der Waals surface area contributed by atoms with Crippen LogP contribution in [0.1, 0.15) is 25.8 Å². The number of benzene rings is 1. The van der Waals surface area contributed by atoms with E-state index in [1.165, 1.54) is 0 Å². The number of aliphatic carboxylic acids is 1. The molecular formula is C14H18O3. The monoisotopic (exact) mass is 234 g/mol. The van der Waals surface area contributed by atoms with Crippen molar-refractivity contribution in [1.29, 1.82) is 0 Å². The molecule has 1 rings (SSSR count). The van der Waals surface area contributed by atoms with Crippen LogP contribution in [0.4, 0.5) is 0 Å². The van der Waals surface area contributed by atoms with Crippen molar-refractivity contribution in [3.8, 4) is 0 Å². The Bertz CT molecular complexity index is 384. The first-order chi connectivity index (χ1) is 8.00. The van der Waals surface area contributed by atoms with E-state index in [4.69, 9.17) is 5.11 Å². The lowest BCUT2D eigenvalue weighted by Crippen LogP contribution is -2.20. The maximum atomic E-state index is 11.8. The zero-order valence-corrected chi connectivity index (χ0v) is 10.2. The second-order valence-corrected chi connectivity index (χ2v) is 4.50. The minimum Gasteiger partial charge on any atom is -0.481 e. The van der Waals surface area contributed by atoms with Crippen molar-refractivity contribution in [1.82, 2.24) is 0 Å². The van der Waals surface area contributed by atoms with Crippen LogP contribution in [0.5, 0.6) is 0 Å². The molecule has 0 aliphatic carbocycles. The normalized spacial score (nSPS) is 14.0. The average Bonchev–Trinajstić information content (AvgIpc) is 2.29. The van der Waals surface area contributed by atoms with Crippen molar-refractivity contribution in [2.24, 2.45) is 11.8 Å². The molecule has 0 aromatic heterocycles. The lowest BCUT2D eigenvalue weighted by molar-refractivity contribution is -0.143. The number of hydrogen-bond donors (Lipinski definition) is 1. The van der Waals surface area contributed by atoms with Crippen LogP contribution in [0, 0.1) is 11.8 Å². The smallest absolute Gasteiger partial charge is 0.306 e. The highest BCUT2D eigenvalue weighted by Crippen LogP contribution is 2.14. The molecule has 2 atom stereocenters. The van der Waals surface area contributed by atoms with E-state index >= 15 is 0 Å². The van der Waals surface area contributed by atoms with Crippen molar-refractivity contribution in [3.05, 3.63) is 35.9 Å². The summed E-state index contributed by atoms with van der Waals surface area (Å²) in [4.78, 5) is 22.5. The van der Waals surface area contributed by atoms with Crippen LogP contribution in [0.25, 0.3) is 0 Å². The first-order valence-corrected chi connectivity index (χ1v) is 5.80. The maximum absolute atomic E-state index is 11.8. The van der Waals surface area contributed by atoms with E-state index in [2.05, 4.69) is 0 Å². The molecule has 17 heavy (non-hydrogen) atoms. The molecule has 3 nitrogen and oxygen atoms in total. The zero-order valence-electron chi connectivity index (χ0n) is 10.2. The van der Waals surface area contributed by atoms with E-state index in [-0.39, 0.29) is 18.1 Å². The Morgan fingerprint density at radius 1 is 1.12 bits per heavy atom. The number of hydrogen-bond acceptors (Lipinski definition) is 2. The summed E-state index contributed by atoms with van der Waals surface area (Å²) >= 11 is 0. The Kier molecular flexibility index (Phi) is 4.88. The molecule has 1 aromatic carbocycles. The molecule has 1 aromatic rings. The van der Waals surface area contributed by atoms with E-state index in [9.17, 15) is 9.59 Å². The minimum atomic E-state index is -0.912. The van der Waals surface area contributed by atoms with Gasteiger partial charge >= 0.3 is 5.97 Å². The fourth-order valence-electron chi connectivity index (χ4n) is 1.67. The van der Waals surface area contributed by atoms with Gasteiger partial charge in [0.1, 0.15) is 5.78 Å². The summed E-state index contributed by atoms with van der Waals surface area (Å²) in [5.41, 5.74) is 1.11. The van der Waals surface area contributed by atoms with Crippen LogP contribution in [-0.2, 0) is 16.0 Å². The molecule has 1 N–H and O–H groups in total. The summed E-state index contributed by atoms with van der Waals surface area (Å²) in [6.07, 6.45) is 0.787. The maximum Gasteiger partial charge on any atom is 0.306 e. The second-order valence-electron chi connectivity index (χ2n) is 4.50. The molecule has 0 spiro atoms. The third-order valence-electron chi connectivity index (χ3n) is 2.86. The highest BCUT2D eigenvalue weighted by Gasteiger charge is 2.20. The molecule has 0 saturated heterocycles. The number of carbonyl (C=O) groups excluding carboxylic acids is 1. The van der Waals surface area contributed by atoms with Gasteiger partial charge in [-0.15, -0.1) is 0 Å². The summed E-state index contributed by atoms with van der Waals surface area (Å²) in [6.45, 7) is 3.42. The van der Waals surface area contributed by atoms with Gasteiger partial charge in [-0.2, -0.15) is 0 Å². The summed E-state index contributed by atoms with van der Waals surface area (Å²) in [5, 5.41) is 8.75. The number of carboxylic acid groups (broad SMARTS) is 1. The predicted octanol–water partition coefficient (Wildman–Crippen LogP) is 2.55. The Hall–Kier alpha value is -1.64. The predicted molar refractivity (Wildman–Crippen MR) is 65.7 cm³/mol. The summed E-state index contributed by atoms with van der Waals surface area (Å²) in [6, 6.07) is 9.76. The van der Waals surface area contributed by atoms with Crippen LogP contribution in [0.15, 0.2) is 30.3 Å². The Morgan fingerprint density at radius 3 is 2.24 bits per heavy atom. The van der Waals surface area contributed by atoms with Gasteiger partial charge in [0.05, 0.1) is 5.92 Å². The molecule has 0 radical (unpaired) electrons. The number of carboxylic acids is 1. The van der Waals surface area contributed by atoms with Gasteiger partial charge in [0.15, 0.2) is 0 Å². The number of rotatable bonds is 6. The summed E-state index contributed by atoms with van der Waals surface area (Å²) in [5.74, 6) is -1.62. The number of Topliss-reactive ketones (excluding diaryl/α,β-unsaturated/α-hetero) is 1. The first-order valence-electron chi connectivity index (χ1n) is 5.80. The van der Waals surface area contributed by atoms with Crippen LogP contribution in [-0.4, -0.2) is 16.9 Å². The molecule has 0 aliphatic heterocycles. The minimum absolute atomic E-state index is 0.0174. The zero-order chi connectivity index (χ0) is 12.8. The Labute approximate surface area is 101 Å². The molecule has 0 bridgehead atoms. The van der Waals surface area contributed by atoms with Crippen molar-refractivity contribution < 1.29 is 14.7 Å². The van der Waals surface area contributed by atoms with Crippen molar-refractivity contribution in [3.63, 3.8) is 0 Å². The van der Waals surface area contributed by atoms with Crippen molar-refractivity contribution >= 4 is 11.8 Å². The SMILES string of the molecule is CC(CC(=O)C(C)Cc1ccccc1)C(=O)O. The Balaban J connectivity index is 2.50. The van der Waals surface area contributed by atoms with Gasteiger partial charge in [0.25, 0.3) is 0 Å². The second kappa shape index (κ2) is 6.18. The summed E-state index contributed by atoms with van der Waals surface area (Å²) < 4.78 is 0. The van der Waals surface area contributed by atoms with Crippen molar-refractivity contribution in [2.75, 3.05) is 0 Å². The fourth-order valence-corrected chi connectivity index (χ4v) is 1.67. The molecule has 92 valence electrons. The summed E-state index contributed by atoms with van der Waals surface area (Å²) in [7, 11) is 0. The topological polar surface area (TPSA) is 54.4 Å². The quantitative estimate of drug-likeness (QED) is 0.823. The molecular weight excluding hydrogens is 216 g/mol. The van der Waals surface area contributed by atoms with Gasteiger partial charge < -0.3 is 5.11 Å².